The lowest BCUT2D eigenvalue weighted by Gasteiger charge is -2.34. The van der Waals surface area contributed by atoms with Crippen molar-refractivity contribution in [1.29, 1.82) is 0 Å². The molecule has 6 nitrogen and oxygen atoms in total. The van der Waals surface area contributed by atoms with Gasteiger partial charge < -0.3 is 4.98 Å². The highest BCUT2D eigenvalue weighted by molar-refractivity contribution is 5.83. The molecule has 0 bridgehead atoms. The highest BCUT2D eigenvalue weighted by atomic mass is 16.1. The number of pyridine rings is 1. The van der Waals surface area contributed by atoms with Gasteiger partial charge in [0.1, 0.15) is 0 Å². The number of nitrogens with zero attached hydrogens (tertiary/aromatic N) is 3. The SMILES string of the molecule is Cc1ccc(-c2cc(-c3ccc(C4CCC(C)(C)CC4)cc3)[nH]c(=O)c2-c2nn[nH]n2)cc1. The number of benzene rings is 2. The van der Waals surface area contributed by atoms with E-state index in [1.807, 2.05) is 37.3 Å². The first kappa shape index (κ1) is 21.3. The summed E-state index contributed by atoms with van der Waals surface area (Å²) in [7, 11) is 0. The molecule has 168 valence electrons. The Morgan fingerprint density at radius 2 is 1.61 bits per heavy atom. The van der Waals surface area contributed by atoms with Crippen LogP contribution in [-0.2, 0) is 0 Å². The number of hydrogen-bond acceptors (Lipinski definition) is 4. The summed E-state index contributed by atoms with van der Waals surface area (Å²) < 4.78 is 0. The van der Waals surface area contributed by atoms with Crippen LogP contribution in [0.5, 0.6) is 0 Å². The summed E-state index contributed by atoms with van der Waals surface area (Å²) in [6.45, 7) is 6.78. The Kier molecular flexibility index (Phi) is 5.44. The predicted octanol–water partition coefficient (Wildman–Crippen LogP) is 5.88. The standard InChI is InChI=1S/C27H29N5O/c1-17-4-6-20(7-5-17)22-16-23(28-26(33)24(22)25-29-31-32-30-25)21-10-8-18(9-11-21)19-12-14-27(2,3)15-13-19/h4-11,16,19H,12-15H2,1-3H3,(H,28,33)(H,29,30,31,32). The minimum Gasteiger partial charge on any atom is -0.321 e. The molecule has 1 aliphatic rings. The van der Waals surface area contributed by atoms with Crippen LogP contribution in [0.1, 0.15) is 56.6 Å². The number of nitrogens with one attached hydrogen (secondary N) is 2. The second kappa shape index (κ2) is 8.43. The van der Waals surface area contributed by atoms with Gasteiger partial charge in [0, 0.05) is 11.3 Å². The van der Waals surface area contributed by atoms with Crippen molar-refractivity contribution < 1.29 is 0 Å². The van der Waals surface area contributed by atoms with Gasteiger partial charge >= 0.3 is 0 Å². The first-order valence-electron chi connectivity index (χ1n) is 11.6. The third-order valence-corrected chi connectivity index (χ3v) is 7.00. The summed E-state index contributed by atoms with van der Waals surface area (Å²) in [6.07, 6.45) is 5.01. The van der Waals surface area contributed by atoms with E-state index in [0.717, 1.165) is 27.9 Å². The van der Waals surface area contributed by atoms with Crippen molar-refractivity contribution in [2.45, 2.75) is 52.4 Å². The van der Waals surface area contributed by atoms with E-state index >= 15 is 0 Å². The van der Waals surface area contributed by atoms with Crippen LogP contribution in [0.3, 0.4) is 0 Å². The van der Waals surface area contributed by atoms with Gasteiger partial charge in [-0.05, 0) is 71.9 Å². The lowest BCUT2D eigenvalue weighted by atomic mass is 9.71. The third kappa shape index (κ3) is 4.38. The minimum atomic E-state index is -0.233. The molecule has 0 amide bonds. The van der Waals surface area contributed by atoms with Crippen molar-refractivity contribution in [3.8, 4) is 33.8 Å². The largest absolute Gasteiger partial charge is 0.321 e. The molecular weight excluding hydrogens is 410 g/mol. The van der Waals surface area contributed by atoms with Crippen LogP contribution in [0.25, 0.3) is 33.8 Å². The number of aromatic nitrogens is 5. The third-order valence-electron chi connectivity index (χ3n) is 7.00. The summed E-state index contributed by atoms with van der Waals surface area (Å²) in [5.41, 5.74) is 6.68. The van der Waals surface area contributed by atoms with Crippen molar-refractivity contribution in [3.05, 3.63) is 76.1 Å². The van der Waals surface area contributed by atoms with E-state index in [0.29, 0.717) is 16.9 Å². The predicted molar refractivity (Wildman–Crippen MR) is 131 cm³/mol. The maximum Gasteiger partial charge on any atom is 0.260 e. The Hall–Kier alpha value is -3.54. The molecule has 5 rings (SSSR count). The van der Waals surface area contributed by atoms with Crippen LogP contribution in [0.15, 0.2) is 59.4 Å². The summed E-state index contributed by atoms with van der Waals surface area (Å²) in [4.78, 5) is 16.2. The summed E-state index contributed by atoms with van der Waals surface area (Å²) in [5, 5.41) is 14.2. The molecule has 1 saturated carbocycles. The average Bonchev–Trinajstić information content (AvgIpc) is 3.34. The second-order valence-corrected chi connectivity index (χ2v) is 9.96. The normalized spacial score (nSPS) is 16.1. The van der Waals surface area contributed by atoms with E-state index in [2.05, 4.69) is 63.7 Å². The Bertz CT molecular complexity index is 1290. The number of hydrogen-bond donors (Lipinski definition) is 2. The molecule has 0 atom stereocenters. The van der Waals surface area contributed by atoms with Gasteiger partial charge in [0.15, 0.2) is 0 Å². The fourth-order valence-electron chi connectivity index (χ4n) is 4.83. The zero-order valence-electron chi connectivity index (χ0n) is 19.4. The summed E-state index contributed by atoms with van der Waals surface area (Å²) >= 11 is 0. The van der Waals surface area contributed by atoms with Crippen LogP contribution < -0.4 is 5.56 Å². The fourth-order valence-corrected chi connectivity index (χ4v) is 4.83. The molecule has 1 aliphatic carbocycles. The van der Waals surface area contributed by atoms with Gasteiger partial charge in [0.25, 0.3) is 5.56 Å². The fraction of sp³-hybridized carbons (Fsp3) is 0.333. The number of rotatable bonds is 4. The van der Waals surface area contributed by atoms with Crippen molar-refractivity contribution in [2.75, 3.05) is 0 Å². The molecule has 1 fully saturated rings. The minimum absolute atomic E-state index is 0.233. The Labute approximate surface area is 193 Å². The number of H-pyrrole nitrogens is 2. The molecule has 2 heterocycles. The van der Waals surface area contributed by atoms with Gasteiger partial charge in [-0.15, -0.1) is 10.2 Å². The maximum absolute atomic E-state index is 13.2. The Balaban J connectivity index is 1.53. The topological polar surface area (TPSA) is 87.3 Å². The van der Waals surface area contributed by atoms with Crippen molar-refractivity contribution in [3.63, 3.8) is 0 Å². The highest BCUT2D eigenvalue weighted by Crippen LogP contribution is 2.42. The van der Waals surface area contributed by atoms with Gasteiger partial charge in [-0.25, -0.2) is 0 Å². The maximum atomic E-state index is 13.2. The number of tetrazole rings is 1. The van der Waals surface area contributed by atoms with Gasteiger partial charge in [0.2, 0.25) is 5.82 Å². The second-order valence-electron chi connectivity index (χ2n) is 9.96. The molecule has 0 saturated heterocycles. The van der Waals surface area contributed by atoms with Crippen LogP contribution in [-0.4, -0.2) is 25.6 Å². The van der Waals surface area contributed by atoms with Gasteiger partial charge in [-0.3, -0.25) is 4.79 Å². The van der Waals surface area contributed by atoms with E-state index in [9.17, 15) is 4.79 Å². The van der Waals surface area contributed by atoms with E-state index in [4.69, 9.17) is 0 Å². The molecular formula is C27H29N5O. The van der Waals surface area contributed by atoms with E-state index in [1.54, 1.807) is 0 Å². The van der Waals surface area contributed by atoms with E-state index in [-0.39, 0.29) is 11.4 Å². The monoisotopic (exact) mass is 439 g/mol. The zero-order chi connectivity index (χ0) is 23.0. The molecule has 6 heteroatoms. The lowest BCUT2D eigenvalue weighted by molar-refractivity contribution is 0.224. The van der Waals surface area contributed by atoms with Crippen molar-refractivity contribution >= 4 is 0 Å². The molecule has 2 aromatic carbocycles. The highest BCUT2D eigenvalue weighted by Gasteiger charge is 2.27. The molecule has 33 heavy (non-hydrogen) atoms. The van der Waals surface area contributed by atoms with Crippen molar-refractivity contribution in [2.24, 2.45) is 5.41 Å². The quantitative estimate of drug-likeness (QED) is 0.416. The zero-order valence-corrected chi connectivity index (χ0v) is 19.4. The van der Waals surface area contributed by atoms with Crippen LogP contribution in [0.2, 0.25) is 0 Å². The smallest absolute Gasteiger partial charge is 0.260 e. The summed E-state index contributed by atoms with van der Waals surface area (Å²) in [5.74, 6) is 0.906. The first-order valence-corrected chi connectivity index (χ1v) is 11.6. The lowest BCUT2D eigenvalue weighted by Crippen LogP contribution is -2.20. The first-order chi connectivity index (χ1) is 15.9. The summed E-state index contributed by atoms with van der Waals surface area (Å²) in [6, 6.07) is 18.8. The van der Waals surface area contributed by atoms with Gasteiger partial charge in [0.05, 0.1) is 5.56 Å². The molecule has 2 N–H and O–H groups in total. The molecule has 4 aromatic rings. The van der Waals surface area contributed by atoms with Crippen LogP contribution in [0.4, 0.5) is 0 Å². The molecule has 2 aromatic heterocycles. The number of aryl methyl sites for hydroxylation is 1. The van der Waals surface area contributed by atoms with Crippen LogP contribution in [0, 0.1) is 12.3 Å². The van der Waals surface area contributed by atoms with Gasteiger partial charge in [-0.2, -0.15) is 5.21 Å². The van der Waals surface area contributed by atoms with Gasteiger partial charge in [-0.1, -0.05) is 67.9 Å². The molecule has 0 unspecified atom stereocenters. The Morgan fingerprint density at radius 3 is 2.24 bits per heavy atom. The number of aromatic amines is 2. The molecule has 0 radical (unpaired) electrons. The van der Waals surface area contributed by atoms with E-state index < -0.39 is 0 Å². The Morgan fingerprint density at radius 1 is 0.939 bits per heavy atom. The van der Waals surface area contributed by atoms with Crippen molar-refractivity contribution in [1.82, 2.24) is 25.6 Å². The molecule has 0 spiro atoms. The average molecular weight is 440 g/mol. The molecule has 0 aliphatic heterocycles. The van der Waals surface area contributed by atoms with E-state index in [1.165, 1.54) is 31.2 Å². The van der Waals surface area contributed by atoms with Crippen LogP contribution >= 0.6 is 0 Å².